The molecule has 0 fully saturated rings. The zero-order valence-electron chi connectivity index (χ0n) is 11.5. The van der Waals surface area contributed by atoms with Gasteiger partial charge < -0.3 is 10.4 Å². The van der Waals surface area contributed by atoms with Crippen molar-refractivity contribution >= 4 is 29.0 Å². The predicted octanol–water partition coefficient (Wildman–Crippen LogP) is 2.37. The van der Waals surface area contributed by atoms with Gasteiger partial charge in [-0.3, -0.25) is 4.79 Å². The first-order valence-corrected chi connectivity index (χ1v) is 7.34. The van der Waals surface area contributed by atoms with Gasteiger partial charge in [0.1, 0.15) is 15.7 Å². The average molecular weight is 305 g/mol. The van der Waals surface area contributed by atoms with Crippen LogP contribution >= 0.6 is 11.3 Å². The van der Waals surface area contributed by atoms with Crippen LogP contribution in [0, 0.1) is 0 Å². The zero-order chi connectivity index (χ0) is 15.2. The van der Waals surface area contributed by atoms with Gasteiger partial charge in [-0.2, -0.15) is 0 Å². The van der Waals surface area contributed by atoms with Crippen molar-refractivity contribution in [2.75, 3.05) is 5.32 Å². The van der Waals surface area contributed by atoms with E-state index in [1.807, 2.05) is 6.92 Å². The Morgan fingerprint density at radius 3 is 2.81 bits per heavy atom. The number of hydrogen-bond donors (Lipinski definition) is 2. The lowest BCUT2D eigenvalue weighted by molar-refractivity contribution is -0.115. The summed E-state index contributed by atoms with van der Waals surface area (Å²) in [5.74, 6) is -0.791. The number of pyridine rings is 1. The van der Waals surface area contributed by atoms with E-state index in [1.165, 1.54) is 0 Å². The van der Waals surface area contributed by atoms with E-state index in [0.717, 1.165) is 17.8 Å². The minimum Gasteiger partial charge on any atom is -0.477 e. The van der Waals surface area contributed by atoms with Crippen LogP contribution in [0.3, 0.4) is 0 Å². The summed E-state index contributed by atoms with van der Waals surface area (Å²) in [6, 6.07) is 5.21. The monoisotopic (exact) mass is 305 g/mol. The number of anilines is 1. The Balaban J connectivity index is 2.07. The molecule has 2 rings (SSSR count). The number of carboxylic acid groups (broad SMARTS) is 1. The SMILES string of the molecule is CCCc1nc(CC(=O)Nc2ccccn2)sc1C(=O)O. The Hall–Kier alpha value is -2.28. The molecule has 0 saturated carbocycles. The van der Waals surface area contributed by atoms with Crippen LogP contribution in [-0.2, 0) is 17.6 Å². The Morgan fingerprint density at radius 2 is 2.19 bits per heavy atom. The highest BCUT2D eigenvalue weighted by Gasteiger charge is 2.18. The van der Waals surface area contributed by atoms with Crippen molar-refractivity contribution in [3.8, 4) is 0 Å². The molecule has 0 radical (unpaired) electrons. The number of aromatic carboxylic acids is 1. The summed E-state index contributed by atoms with van der Waals surface area (Å²) < 4.78 is 0. The Labute approximate surface area is 125 Å². The molecular formula is C14H15N3O3S. The molecule has 0 aromatic carbocycles. The number of amides is 1. The Kier molecular flexibility index (Phi) is 4.99. The molecule has 0 unspecified atom stereocenters. The van der Waals surface area contributed by atoms with Gasteiger partial charge in [0.05, 0.1) is 12.1 Å². The lowest BCUT2D eigenvalue weighted by atomic mass is 10.2. The van der Waals surface area contributed by atoms with Crippen LogP contribution in [0.5, 0.6) is 0 Å². The third kappa shape index (κ3) is 4.09. The largest absolute Gasteiger partial charge is 0.477 e. The zero-order valence-corrected chi connectivity index (χ0v) is 12.3. The quantitative estimate of drug-likeness (QED) is 0.854. The normalized spacial score (nSPS) is 10.3. The van der Waals surface area contributed by atoms with E-state index in [2.05, 4.69) is 15.3 Å². The molecule has 0 aliphatic heterocycles. The molecule has 0 atom stereocenters. The first-order chi connectivity index (χ1) is 10.1. The van der Waals surface area contributed by atoms with Gasteiger partial charge in [0, 0.05) is 6.20 Å². The maximum Gasteiger partial charge on any atom is 0.347 e. The molecule has 0 aliphatic rings. The van der Waals surface area contributed by atoms with Gasteiger partial charge in [0.15, 0.2) is 0 Å². The molecule has 0 spiro atoms. The topological polar surface area (TPSA) is 92.2 Å². The molecule has 1 amide bonds. The van der Waals surface area contributed by atoms with E-state index in [0.29, 0.717) is 22.9 Å². The number of aromatic nitrogens is 2. The maximum absolute atomic E-state index is 11.9. The summed E-state index contributed by atoms with van der Waals surface area (Å²) in [4.78, 5) is 31.5. The highest BCUT2D eigenvalue weighted by molar-refractivity contribution is 7.13. The van der Waals surface area contributed by atoms with Gasteiger partial charge >= 0.3 is 5.97 Å². The number of nitrogens with one attached hydrogen (secondary N) is 1. The van der Waals surface area contributed by atoms with E-state index in [9.17, 15) is 9.59 Å². The smallest absolute Gasteiger partial charge is 0.347 e. The minimum atomic E-state index is -0.993. The summed E-state index contributed by atoms with van der Waals surface area (Å²) in [5, 5.41) is 12.3. The van der Waals surface area contributed by atoms with Crippen LogP contribution < -0.4 is 5.32 Å². The average Bonchev–Trinajstić information content (AvgIpc) is 2.83. The van der Waals surface area contributed by atoms with Gasteiger partial charge in [-0.05, 0) is 18.6 Å². The summed E-state index contributed by atoms with van der Waals surface area (Å²) in [5.41, 5.74) is 0.552. The van der Waals surface area contributed by atoms with E-state index >= 15 is 0 Å². The molecule has 110 valence electrons. The number of nitrogens with zero attached hydrogens (tertiary/aromatic N) is 2. The number of carbonyl (C=O) groups is 2. The first kappa shape index (κ1) is 15.1. The number of carboxylic acids is 1. The van der Waals surface area contributed by atoms with Crippen molar-refractivity contribution < 1.29 is 14.7 Å². The van der Waals surface area contributed by atoms with Crippen LogP contribution in [0.25, 0.3) is 0 Å². The van der Waals surface area contributed by atoms with Crippen LogP contribution in [0.4, 0.5) is 5.82 Å². The molecule has 2 aromatic heterocycles. The highest BCUT2D eigenvalue weighted by atomic mass is 32.1. The van der Waals surface area contributed by atoms with Gasteiger partial charge in [0.2, 0.25) is 5.91 Å². The van der Waals surface area contributed by atoms with Crippen LogP contribution in [0.15, 0.2) is 24.4 Å². The van der Waals surface area contributed by atoms with Gasteiger partial charge in [-0.15, -0.1) is 11.3 Å². The molecule has 7 heteroatoms. The van der Waals surface area contributed by atoms with Crippen LogP contribution in [-0.4, -0.2) is 27.0 Å². The number of carbonyl (C=O) groups excluding carboxylic acids is 1. The van der Waals surface area contributed by atoms with Crippen molar-refractivity contribution in [3.05, 3.63) is 40.0 Å². The molecule has 0 aliphatic carbocycles. The van der Waals surface area contributed by atoms with Crippen molar-refractivity contribution in [1.82, 2.24) is 9.97 Å². The molecule has 0 saturated heterocycles. The third-order valence-corrected chi connectivity index (χ3v) is 3.75. The van der Waals surface area contributed by atoms with E-state index in [4.69, 9.17) is 5.11 Å². The predicted molar refractivity (Wildman–Crippen MR) is 79.6 cm³/mol. The van der Waals surface area contributed by atoms with Crippen molar-refractivity contribution in [2.24, 2.45) is 0 Å². The van der Waals surface area contributed by atoms with E-state index in [1.54, 1.807) is 24.4 Å². The van der Waals surface area contributed by atoms with Crippen LogP contribution in [0.2, 0.25) is 0 Å². The molecule has 6 nitrogen and oxygen atoms in total. The lowest BCUT2D eigenvalue weighted by Crippen LogP contribution is -2.15. The molecule has 2 aromatic rings. The van der Waals surface area contributed by atoms with E-state index < -0.39 is 5.97 Å². The fourth-order valence-corrected chi connectivity index (χ4v) is 2.76. The summed E-state index contributed by atoms with van der Waals surface area (Å²) in [6.07, 6.45) is 3.04. The molecule has 2 N–H and O–H groups in total. The van der Waals surface area contributed by atoms with E-state index in [-0.39, 0.29) is 17.2 Å². The highest BCUT2D eigenvalue weighted by Crippen LogP contribution is 2.21. The number of aryl methyl sites for hydroxylation is 1. The molecule has 21 heavy (non-hydrogen) atoms. The molecule has 0 bridgehead atoms. The first-order valence-electron chi connectivity index (χ1n) is 6.53. The lowest BCUT2D eigenvalue weighted by Gasteiger charge is -2.01. The van der Waals surface area contributed by atoms with Crippen molar-refractivity contribution in [2.45, 2.75) is 26.2 Å². The maximum atomic E-state index is 11.9. The van der Waals surface area contributed by atoms with Crippen LogP contribution in [0.1, 0.15) is 33.7 Å². The van der Waals surface area contributed by atoms with Crippen molar-refractivity contribution in [1.29, 1.82) is 0 Å². The fraction of sp³-hybridized carbons (Fsp3) is 0.286. The second-order valence-electron chi connectivity index (χ2n) is 4.38. The van der Waals surface area contributed by atoms with Gasteiger partial charge in [0.25, 0.3) is 0 Å². The van der Waals surface area contributed by atoms with Crippen molar-refractivity contribution in [3.63, 3.8) is 0 Å². The molecular weight excluding hydrogens is 290 g/mol. The minimum absolute atomic E-state index is 0.0469. The second kappa shape index (κ2) is 6.94. The Morgan fingerprint density at radius 1 is 1.38 bits per heavy atom. The Bertz CT molecular complexity index is 640. The fourth-order valence-electron chi connectivity index (χ4n) is 1.81. The summed E-state index contributed by atoms with van der Waals surface area (Å²) >= 11 is 1.05. The van der Waals surface area contributed by atoms with Gasteiger partial charge in [-0.25, -0.2) is 14.8 Å². The third-order valence-electron chi connectivity index (χ3n) is 2.67. The molecule has 2 heterocycles. The summed E-state index contributed by atoms with van der Waals surface area (Å²) in [7, 11) is 0. The number of hydrogen-bond acceptors (Lipinski definition) is 5. The standard InChI is InChI=1S/C14H15N3O3S/c1-2-5-9-13(14(19)20)21-12(16-9)8-11(18)17-10-6-3-4-7-15-10/h3-4,6-7H,2,5,8H2,1H3,(H,19,20)(H,15,17,18). The second-order valence-corrected chi connectivity index (χ2v) is 5.46. The van der Waals surface area contributed by atoms with Gasteiger partial charge in [-0.1, -0.05) is 19.4 Å². The number of thiazole rings is 1. The number of rotatable bonds is 6. The summed E-state index contributed by atoms with van der Waals surface area (Å²) in [6.45, 7) is 1.96.